The van der Waals surface area contributed by atoms with Gasteiger partial charge in [-0.1, -0.05) is 6.07 Å². The number of nitrogens with one attached hydrogen (secondary N) is 2. The highest BCUT2D eigenvalue weighted by molar-refractivity contribution is 5.98. The molecule has 1 aromatic rings. The summed E-state index contributed by atoms with van der Waals surface area (Å²) in [6.07, 6.45) is 0.960. The third-order valence-electron chi connectivity index (χ3n) is 4.85. The van der Waals surface area contributed by atoms with E-state index in [0.717, 1.165) is 37.6 Å². The Kier molecular flexibility index (Phi) is 5.72. The Morgan fingerprint density at radius 3 is 2.69 bits per heavy atom. The molecule has 140 valence electrons. The molecule has 1 atom stereocenters. The molecular formula is C18H24N4O4. The van der Waals surface area contributed by atoms with Crippen LogP contribution in [0.3, 0.4) is 0 Å². The normalized spacial score (nSPS) is 21.4. The largest absolute Gasteiger partial charge is 0.480 e. The van der Waals surface area contributed by atoms with Gasteiger partial charge in [0.2, 0.25) is 11.8 Å². The van der Waals surface area contributed by atoms with Crippen molar-refractivity contribution < 1.29 is 19.5 Å². The second kappa shape index (κ2) is 8.18. The molecule has 2 aliphatic heterocycles. The molecule has 8 nitrogen and oxygen atoms in total. The number of piperidine rings is 1. The van der Waals surface area contributed by atoms with Gasteiger partial charge in [0.15, 0.2) is 0 Å². The average Bonchev–Trinajstić information content (AvgIpc) is 2.61. The molecular weight excluding hydrogens is 336 g/mol. The van der Waals surface area contributed by atoms with Gasteiger partial charge in [0.25, 0.3) is 0 Å². The second-order valence-corrected chi connectivity index (χ2v) is 6.74. The Hall–Kier alpha value is -2.61. The van der Waals surface area contributed by atoms with Gasteiger partial charge >= 0.3 is 5.97 Å². The standard InChI is InChI=1S/C18H24N4O4/c23-16-5-4-13(18(26)20-16)11-19-14-2-1-3-15(10-14)22-8-6-21(7-9-22)12-17(24)25/h1-3,10,13,19H,4-9,11-12H2,(H,24,25)(H,20,23,26)/t13-/m1/s1. The molecule has 1 aromatic carbocycles. The molecule has 3 N–H and O–H groups in total. The number of piperazine rings is 1. The SMILES string of the molecule is O=C(O)CN1CCN(c2cccc(NC[C@H]3CCC(=O)NC3=O)c2)CC1. The molecule has 0 saturated carbocycles. The topological polar surface area (TPSA) is 102 Å². The van der Waals surface area contributed by atoms with Crippen molar-refractivity contribution in [2.24, 2.45) is 5.92 Å². The quantitative estimate of drug-likeness (QED) is 0.630. The zero-order valence-electron chi connectivity index (χ0n) is 14.6. The van der Waals surface area contributed by atoms with Crippen molar-refractivity contribution in [3.63, 3.8) is 0 Å². The zero-order chi connectivity index (χ0) is 18.5. The van der Waals surface area contributed by atoms with Crippen molar-refractivity contribution in [1.29, 1.82) is 0 Å². The number of aliphatic carboxylic acids is 1. The number of carbonyl (C=O) groups excluding carboxylic acids is 2. The molecule has 0 unspecified atom stereocenters. The third-order valence-corrected chi connectivity index (χ3v) is 4.85. The number of benzene rings is 1. The first-order valence-corrected chi connectivity index (χ1v) is 8.88. The van der Waals surface area contributed by atoms with E-state index in [1.54, 1.807) is 0 Å². The smallest absolute Gasteiger partial charge is 0.317 e. The summed E-state index contributed by atoms with van der Waals surface area (Å²) >= 11 is 0. The molecule has 2 amide bonds. The van der Waals surface area contributed by atoms with Crippen LogP contribution >= 0.6 is 0 Å². The summed E-state index contributed by atoms with van der Waals surface area (Å²) < 4.78 is 0. The summed E-state index contributed by atoms with van der Waals surface area (Å²) in [5, 5.41) is 14.5. The van der Waals surface area contributed by atoms with Crippen molar-refractivity contribution in [3.8, 4) is 0 Å². The Labute approximate surface area is 152 Å². The summed E-state index contributed by atoms with van der Waals surface area (Å²) in [5.74, 6) is -1.40. The number of hydrogen-bond donors (Lipinski definition) is 3. The molecule has 2 fully saturated rings. The van der Waals surface area contributed by atoms with Crippen molar-refractivity contribution in [1.82, 2.24) is 10.2 Å². The molecule has 2 heterocycles. The average molecular weight is 360 g/mol. The van der Waals surface area contributed by atoms with Gasteiger partial charge in [0, 0.05) is 50.5 Å². The predicted molar refractivity (Wildman–Crippen MR) is 97.1 cm³/mol. The molecule has 0 aromatic heterocycles. The van der Waals surface area contributed by atoms with E-state index in [1.807, 2.05) is 29.2 Å². The number of carbonyl (C=O) groups is 3. The minimum atomic E-state index is -0.793. The zero-order valence-corrected chi connectivity index (χ0v) is 14.6. The lowest BCUT2D eigenvalue weighted by Crippen LogP contribution is -2.48. The number of rotatable bonds is 6. The van der Waals surface area contributed by atoms with Crippen LogP contribution in [-0.2, 0) is 14.4 Å². The fourth-order valence-corrected chi connectivity index (χ4v) is 3.34. The number of carboxylic acid groups (broad SMARTS) is 1. The highest BCUT2D eigenvalue weighted by Crippen LogP contribution is 2.22. The Morgan fingerprint density at radius 2 is 2.00 bits per heavy atom. The van der Waals surface area contributed by atoms with Crippen LogP contribution in [-0.4, -0.2) is 67.1 Å². The van der Waals surface area contributed by atoms with Crippen LogP contribution in [0.1, 0.15) is 12.8 Å². The Morgan fingerprint density at radius 1 is 1.23 bits per heavy atom. The number of anilines is 2. The number of nitrogens with zero attached hydrogens (tertiary/aromatic N) is 2. The number of carboxylic acids is 1. The van der Waals surface area contributed by atoms with Crippen molar-refractivity contribution >= 4 is 29.2 Å². The first-order valence-electron chi connectivity index (χ1n) is 8.88. The van der Waals surface area contributed by atoms with Gasteiger partial charge in [0.05, 0.1) is 12.5 Å². The Balaban J connectivity index is 1.53. The van der Waals surface area contributed by atoms with Crippen molar-refractivity contribution in [2.45, 2.75) is 12.8 Å². The summed E-state index contributed by atoms with van der Waals surface area (Å²) in [6, 6.07) is 7.99. The van der Waals surface area contributed by atoms with Gasteiger partial charge in [-0.15, -0.1) is 0 Å². The first kappa shape index (κ1) is 18.2. The van der Waals surface area contributed by atoms with E-state index < -0.39 is 5.97 Å². The number of hydrogen-bond acceptors (Lipinski definition) is 6. The molecule has 2 aliphatic rings. The van der Waals surface area contributed by atoms with E-state index in [9.17, 15) is 14.4 Å². The van der Waals surface area contributed by atoms with Gasteiger partial charge in [-0.2, -0.15) is 0 Å². The molecule has 0 spiro atoms. The van der Waals surface area contributed by atoms with Crippen LogP contribution < -0.4 is 15.5 Å². The van der Waals surface area contributed by atoms with E-state index in [-0.39, 0.29) is 24.3 Å². The number of imide groups is 1. The molecule has 0 radical (unpaired) electrons. The minimum absolute atomic E-state index is 0.0847. The number of amides is 2. The molecule has 0 bridgehead atoms. The van der Waals surface area contributed by atoms with E-state index in [4.69, 9.17) is 5.11 Å². The van der Waals surface area contributed by atoms with Crippen LogP contribution in [0.5, 0.6) is 0 Å². The fourth-order valence-electron chi connectivity index (χ4n) is 3.34. The minimum Gasteiger partial charge on any atom is -0.480 e. The van der Waals surface area contributed by atoms with Gasteiger partial charge in [0.1, 0.15) is 0 Å². The van der Waals surface area contributed by atoms with E-state index in [1.165, 1.54) is 0 Å². The highest BCUT2D eigenvalue weighted by Gasteiger charge is 2.26. The molecule has 0 aliphatic carbocycles. The van der Waals surface area contributed by atoms with Crippen LogP contribution in [0.4, 0.5) is 11.4 Å². The van der Waals surface area contributed by atoms with E-state index in [2.05, 4.69) is 15.5 Å². The van der Waals surface area contributed by atoms with Crippen LogP contribution in [0.15, 0.2) is 24.3 Å². The monoisotopic (exact) mass is 360 g/mol. The molecule has 3 rings (SSSR count). The van der Waals surface area contributed by atoms with Gasteiger partial charge in [-0.05, 0) is 24.6 Å². The maximum atomic E-state index is 11.8. The van der Waals surface area contributed by atoms with Gasteiger partial charge < -0.3 is 15.3 Å². The molecule has 26 heavy (non-hydrogen) atoms. The van der Waals surface area contributed by atoms with Crippen LogP contribution in [0.2, 0.25) is 0 Å². The summed E-state index contributed by atoms with van der Waals surface area (Å²) in [6.45, 7) is 3.59. The third kappa shape index (κ3) is 4.72. The molecule has 8 heteroatoms. The predicted octanol–water partition coefficient (Wildman–Crippen LogP) is 0.358. The van der Waals surface area contributed by atoms with Gasteiger partial charge in [-0.3, -0.25) is 24.6 Å². The fraction of sp³-hybridized carbons (Fsp3) is 0.500. The van der Waals surface area contributed by atoms with Gasteiger partial charge in [-0.25, -0.2) is 0 Å². The summed E-state index contributed by atoms with van der Waals surface area (Å²) in [7, 11) is 0. The maximum Gasteiger partial charge on any atom is 0.317 e. The Bertz CT molecular complexity index is 686. The highest BCUT2D eigenvalue weighted by atomic mass is 16.4. The van der Waals surface area contributed by atoms with Crippen LogP contribution in [0, 0.1) is 5.92 Å². The van der Waals surface area contributed by atoms with E-state index in [0.29, 0.717) is 19.4 Å². The second-order valence-electron chi connectivity index (χ2n) is 6.74. The first-order chi connectivity index (χ1) is 12.5. The molecule has 2 saturated heterocycles. The van der Waals surface area contributed by atoms with E-state index >= 15 is 0 Å². The van der Waals surface area contributed by atoms with Crippen molar-refractivity contribution in [2.75, 3.05) is 49.5 Å². The summed E-state index contributed by atoms with van der Waals surface area (Å²) in [4.78, 5) is 38.0. The van der Waals surface area contributed by atoms with Crippen LogP contribution in [0.25, 0.3) is 0 Å². The lowest BCUT2D eigenvalue weighted by molar-refractivity contribution is -0.138. The maximum absolute atomic E-state index is 11.8. The van der Waals surface area contributed by atoms with Crippen molar-refractivity contribution in [3.05, 3.63) is 24.3 Å². The lowest BCUT2D eigenvalue weighted by atomic mass is 9.98. The summed E-state index contributed by atoms with van der Waals surface area (Å²) in [5.41, 5.74) is 2.01. The lowest BCUT2D eigenvalue weighted by Gasteiger charge is -2.35.